The molecule has 1 saturated heterocycles. The number of carbonyl (C=O) groups is 2. The largest absolute Gasteiger partial charge is 0.479 e. The van der Waals surface area contributed by atoms with Crippen molar-refractivity contribution in [2.45, 2.75) is 69.7 Å². The minimum atomic E-state index is -0.995. The number of rotatable bonds is 5. The molecule has 0 spiro atoms. The van der Waals surface area contributed by atoms with Crippen molar-refractivity contribution in [2.75, 3.05) is 6.79 Å². The lowest BCUT2D eigenvalue weighted by molar-refractivity contribution is -0.156. The maximum atomic E-state index is 13.2. The maximum Gasteiger partial charge on any atom is 0.332 e. The van der Waals surface area contributed by atoms with Gasteiger partial charge in [-0.05, 0) is 43.4 Å². The van der Waals surface area contributed by atoms with Crippen LogP contribution in [0.5, 0.6) is 11.5 Å². The van der Waals surface area contributed by atoms with Crippen molar-refractivity contribution in [1.82, 2.24) is 4.90 Å². The Kier molecular flexibility index (Phi) is 5.20. The summed E-state index contributed by atoms with van der Waals surface area (Å²) in [5, 5.41) is 9.15. The van der Waals surface area contributed by atoms with Crippen molar-refractivity contribution < 1.29 is 28.9 Å². The molecule has 1 aromatic carbocycles. The van der Waals surface area contributed by atoms with Crippen LogP contribution in [0, 0.1) is 0 Å². The van der Waals surface area contributed by atoms with Crippen LogP contribution in [0.1, 0.15) is 50.5 Å². The average molecular weight is 375 g/mol. The molecule has 2 aliphatic heterocycles. The van der Waals surface area contributed by atoms with E-state index < -0.39 is 18.2 Å². The molecule has 0 bridgehead atoms. The molecule has 146 valence electrons. The van der Waals surface area contributed by atoms with Crippen LogP contribution in [0.25, 0.3) is 0 Å². The number of benzene rings is 1. The van der Waals surface area contributed by atoms with Crippen molar-refractivity contribution in [3.63, 3.8) is 0 Å². The van der Waals surface area contributed by atoms with Gasteiger partial charge < -0.3 is 24.2 Å². The first-order valence-electron chi connectivity index (χ1n) is 9.69. The number of ether oxygens (including phenoxy) is 3. The zero-order chi connectivity index (χ0) is 18.8. The Morgan fingerprint density at radius 3 is 2.48 bits per heavy atom. The van der Waals surface area contributed by atoms with Crippen LogP contribution in [0.2, 0.25) is 0 Å². The third-order valence-electron chi connectivity index (χ3n) is 5.66. The maximum absolute atomic E-state index is 13.2. The van der Waals surface area contributed by atoms with Gasteiger partial charge in [0.2, 0.25) is 6.79 Å². The molecule has 1 amide bonds. The zero-order valence-corrected chi connectivity index (χ0v) is 15.3. The molecule has 1 aromatic rings. The molecule has 0 unspecified atom stereocenters. The van der Waals surface area contributed by atoms with Gasteiger partial charge in [-0.15, -0.1) is 0 Å². The predicted molar refractivity (Wildman–Crippen MR) is 95.5 cm³/mol. The second kappa shape index (κ2) is 7.76. The standard InChI is InChI=1S/C20H25NO6/c22-19(16-8-9-17(27-16)20(23)24)21(14-4-2-1-3-5-14)11-13-6-7-15-18(10-13)26-12-25-15/h6-7,10,14,16-17H,1-5,8-9,11-12H2,(H,23,24)/t16-,17+/m0/s1. The Labute approximate surface area is 158 Å². The first-order valence-corrected chi connectivity index (χ1v) is 9.69. The van der Waals surface area contributed by atoms with E-state index in [4.69, 9.17) is 19.3 Å². The summed E-state index contributed by atoms with van der Waals surface area (Å²) in [6.45, 7) is 0.689. The molecule has 2 atom stereocenters. The molecule has 3 aliphatic rings. The number of hydrogen-bond donors (Lipinski definition) is 1. The van der Waals surface area contributed by atoms with Gasteiger partial charge in [0.05, 0.1) is 0 Å². The summed E-state index contributed by atoms with van der Waals surface area (Å²) in [5.74, 6) is 0.331. The summed E-state index contributed by atoms with van der Waals surface area (Å²) in [4.78, 5) is 26.3. The van der Waals surface area contributed by atoms with Gasteiger partial charge in [0.25, 0.3) is 5.91 Å². The molecule has 7 heteroatoms. The molecule has 1 aliphatic carbocycles. The predicted octanol–water partition coefficient (Wildman–Crippen LogP) is 2.71. The summed E-state index contributed by atoms with van der Waals surface area (Å²) in [7, 11) is 0. The van der Waals surface area contributed by atoms with Crippen molar-refractivity contribution in [1.29, 1.82) is 0 Å². The van der Waals surface area contributed by atoms with Crippen LogP contribution in [-0.2, 0) is 20.9 Å². The molecule has 4 rings (SSSR count). The van der Waals surface area contributed by atoms with Crippen molar-refractivity contribution in [2.24, 2.45) is 0 Å². The van der Waals surface area contributed by atoms with E-state index in [2.05, 4.69) is 0 Å². The molecule has 2 heterocycles. The van der Waals surface area contributed by atoms with Gasteiger partial charge in [-0.1, -0.05) is 25.3 Å². The van der Waals surface area contributed by atoms with E-state index in [1.54, 1.807) is 0 Å². The van der Waals surface area contributed by atoms with Gasteiger partial charge in [0.1, 0.15) is 6.10 Å². The fraction of sp³-hybridized carbons (Fsp3) is 0.600. The average Bonchev–Trinajstić information content (AvgIpc) is 3.35. The van der Waals surface area contributed by atoms with Gasteiger partial charge in [-0.3, -0.25) is 4.79 Å². The summed E-state index contributed by atoms with van der Waals surface area (Å²) < 4.78 is 16.3. The van der Waals surface area contributed by atoms with E-state index in [0.29, 0.717) is 25.1 Å². The number of amides is 1. The van der Waals surface area contributed by atoms with E-state index in [1.807, 2.05) is 23.1 Å². The molecule has 1 saturated carbocycles. The highest BCUT2D eigenvalue weighted by molar-refractivity contribution is 5.83. The summed E-state index contributed by atoms with van der Waals surface area (Å²) >= 11 is 0. The monoisotopic (exact) mass is 375 g/mol. The topological polar surface area (TPSA) is 85.3 Å². The molecular formula is C20H25NO6. The van der Waals surface area contributed by atoms with Gasteiger partial charge >= 0.3 is 5.97 Å². The highest BCUT2D eigenvalue weighted by Crippen LogP contribution is 2.34. The van der Waals surface area contributed by atoms with Crippen LogP contribution in [0.15, 0.2) is 18.2 Å². The zero-order valence-electron chi connectivity index (χ0n) is 15.3. The number of hydrogen-bond acceptors (Lipinski definition) is 5. The highest BCUT2D eigenvalue weighted by Gasteiger charge is 2.39. The highest BCUT2D eigenvalue weighted by atomic mass is 16.7. The molecule has 2 fully saturated rings. The number of carboxylic acids is 1. The fourth-order valence-corrected chi connectivity index (χ4v) is 4.20. The van der Waals surface area contributed by atoms with Gasteiger partial charge in [0, 0.05) is 12.6 Å². The van der Waals surface area contributed by atoms with E-state index in [0.717, 1.165) is 37.0 Å². The third-order valence-corrected chi connectivity index (χ3v) is 5.66. The van der Waals surface area contributed by atoms with Crippen LogP contribution >= 0.6 is 0 Å². The number of nitrogens with zero attached hydrogens (tertiary/aromatic N) is 1. The molecule has 0 aromatic heterocycles. The second-order valence-electron chi connectivity index (χ2n) is 7.47. The Bertz CT molecular complexity index is 714. The van der Waals surface area contributed by atoms with Crippen molar-refractivity contribution in [3.8, 4) is 11.5 Å². The Morgan fingerprint density at radius 2 is 1.74 bits per heavy atom. The Morgan fingerprint density at radius 1 is 1.00 bits per heavy atom. The fourth-order valence-electron chi connectivity index (χ4n) is 4.20. The lowest BCUT2D eigenvalue weighted by atomic mass is 9.93. The van der Waals surface area contributed by atoms with Gasteiger partial charge in [-0.25, -0.2) is 4.79 Å². The number of fused-ring (bicyclic) bond motifs is 1. The molecule has 0 radical (unpaired) electrons. The first-order chi connectivity index (χ1) is 13.1. The normalized spacial score (nSPS) is 24.7. The van der Waals surface area contributed by atoms with Crippen molar-refractivity contribution in [3.05, 3.63) is 23.8 Å². The van der Waals surface area contributed by atoms with Gasteiger partial charge in [-0.2, -0.15) is 0 Å². The molecule has 1 N–H and O–H groups in total. The van der Waals surface area contributed by atoms with Crippen molar-refractivity contribution >= 4 is 11.9 Å². The molecule has 27 heavy (non-hydrogen) atoms. The van der Waals surface area contributed by atoms with E-state index in [9.17, 15) is 9.59 Å². The number of carboxylic acid groups (broad SMARTS) is 1. The minimum Gasteiger partial charge on any atom is -0.479 e. The summed E-state index contributed by atoms with van der Waals surface area (Å²) in [5.41, 5.74) is 0.978. The quantitative estimate of drug-likeness (QED) is 0.852. The lowest BCUT2D eigenvalue weighted by Gasteiger charge is -2.36. The second-order valence-corrected chi connectivity index (χ2v) is 7.47. The van der Waals surface area contributed by atoms with Crippen LogP contribution < -0.4 is 9.47 Å². The molecular weight excluding hydrogens is 350 g/mol. The smallest absolute Gasteiger partial charge is 0.332 e. The molecule has 7 nitrogen and oxygen atoms in total. The van der Waals surface area contributed by atoms with Gasteiger partial charge in [0.15, 0.2) is 17.6 Å². The van der Waals surface area contributed by atoms with E-state index in [1.165, 1.54) is 6.42 Å². The van der Waals surface area contributed by atoms with Crippen LogP contribution in [-0.4, -0.2) is 46.9 Å². The SMILES string of the molecule is O=C(O)[C@H]1CC[C@@H](C(=O)N(Cc2ccc3c(c2)OCO3)C2CCCCC2)O1. The van der Waals surface area contributed by atoms with Crippen LogP contribution in [0.3, 0.4) is 0 Å². The minimum absolute atomic E-state index is 0.0942. The Balaban J connectivity index is 1.52. The number of carbonyl (C=O) groups excluding carboxylic acids is 1. The summed E-state index contributed by atoms with van der Waals surface area (Å²) in [6.07, 6.45) is 4.67. The van der Waals surface area contributed by atoms with Crippen LogP contribution in [0.4, 0.5) is 0 Å². The van der Waals surface area contributed by atoms with E-state index >= 15 is 0 Å². The lowest BCUT2D eigenvalue weighted by Crippen LogP contribution is -2.46. The Hall–Kier alpha value is -2.28. The summed E-state index contributed by atoms with van der Waals surface area (Å²) in [6, 6.07) is 5.91. The third kappa shape index (κ3) is 3.88. The first kappa shape index (κ1) is 18.1. The van der Waals surface area contributed by atoms with E-state index in [-0.39, 0.29) is 18.7 Å². The number of aliphatic carboxylic acids is 1.